The Bertz CT molecular complexity index is 658. The lowest BCUT2D eigenvalue weighted by Crippen LogP contribution is -2.36. The summed E-state index contributed by atoms with van der Waals surface area (Å²) in [7, 11) is 1.81. The van der Waals surface area contributed by atoms with Crippen molar-refractivity contribution in [3.05, 3.63) is 71.3 Å². The standard InChI is InChI=1S/C21H28N4/c1-22-21(23-15-18-7-3-2-4-8-18)24-16-19-9-11-20(12-10-19)17-25-13-5-6-14-25/h2-4,7-12H,5-6,13-17H2,1H3,(H2,22,23,24). The van der Waals surface area contributed by atoms with Gasteiger partial charge in [-0.1, -0.05) is 54.6 Å². The summed E-state index contributed by atoms with van der Waals surface area (Å²) in [4.78, 5) is 6.82. The first kappa shape index (κ1) is 17.5. The third-order valence-electron chi connectivity index (χ3n) is 4.61. The zero-order chi connectivity index (χ0) is 17.3. The molecule has 0 radical (unpaired) electrons. The Balaban J connectivity index is 1.44. The first-order valence-electron chi connectivity index (χ1n) is 9.12. The molecule has 1 saturated heterocycles. The molecule has 3 rings (SSSR count). The normalized spacial score (nSPS) is 15.3. The summed E-state index contributed by atoms with van der Waals surface area (Å²) in [5, 5.41) is 6.72. The van der Waals surface area contributed by atoms with Crippen LogP contribution in [0.3, 0.4) is 0 Å². The number of benzene rings is 2. The Morgan fingerprint density at radius 1 is 0.840 bits per heavy atom. The fourth-order valence-corrected chi connectivity index (χ4v) is 3.15. The molecule has 25 heavy (non-hydrogen) atoms. The van der Waals surface area contributed by atoms with Gasteiger partial charge in [-0.25, -0.2) is 0 Å². The second kappa shape index (κ2) is 9.23. The highest BCUT2D eigenvalue weighted by atomic mass is 15.2. The van der Waals surface area contributed by atoms with Crippen molar-refractivity contribution in [2.45, 2.75) is 32.5 Å². The van der Waals surface area contributed by atoms with Crippen LogP contribution in [0.4, 0.5) is 0 Å². The summed E-state index contributed by atoms with van der Waals surface area (Å²) in [5.41, 5.74) is 3.92. The number of nitrogens with one attached hydrogen (secondary N) is 2. The van der Waals surface area contributed by atoms with Crippen LogP contribution >= 0.6 is 0 Å². The van der Waals surface area contributed by atoms with E-state index in [0.717, 1.165) is 25.6 Å². The summed E-state index contributed by atoms with van der Waals surface area (Å²) < 4.78 is 0. The number of hydrogen-bond acceptors (Lipinski definition) is 2. The highest BCUT2D eigenvalue weighted by Crippen LogP contribution is 2.13. The van der Waals surface area contributed by atoms with E-state index in [0.29, 0.717) is 0 Å². The molecule has 0 unspecified atom stereocenters. The Morgan fingerprint density at radius 3 is 2.00 bits per heavy atom. The molecule has 0 amide bonds. The maximum Gasteiger partial charge on any atom is 0.191 e. The number of guanidine groups is 1. The van der Waals surface area contributed by atoms with Crippen molar-refractivity contribution in [3.8, 4) is 0 Å². The third-order valence-corrected chi connectivity index (χ3v) is 4.61. The number of likely N-dealkylation sites (tertiary alicyclic amines) is 1. The highest BCUT2D eigenvalue weighted by molar-refractivity contribution is 5.79. The molecule has 1 heterocycles. The molecule has 4 nitrogen and oxygen atoms in total. The van der Waals surface area contributed by atoms with Gasteiger partial charge in [-0.15, -0.1) is 0 Å². The lowest BCUT2D eigenvalue weighted by Gasteiger charge is -2.15. The average Bonchev–Trinajstić information content (AvgIpc) is 3.17. The molecule has 0 saturated carbocycles. The van der Waals surface area contributed by atoms with Gasteiger partial charge in [0.05, 0.1) is 0 Å². The minimum Gasteiger partial charge on any atom is -0.352 e. The van der Waals surface area contributed by atoms with Crippen LogP contribution in [0.15, 0.2) is 59.6 Å². The molecular weight excluding hydrogens is 308 g/mol. The van der Waals surface area contributed by atoms with Crippen LogP contribution in [0, 0.1) is 0 Å². The minimum atomic E-state index is 0.773. The Hall–Kier alpha value is -2.33. The van der Waals surface area contributed by atoms with Crippen molar-refractivity contribution in [2.24, 2.45) is 4.99 Å². The van der Waals surface area contributed by atoms with Crippen molar-refractivity contribution >= 4 is 5.96 Å². The Labute approximate surface area is 151 Å². The molecule has 132 valence electrons. The van der Waals surface area contributed by atoms with Crippen molar-refractivity contribution in [1.29, 1.82) is 0 Å². The van der Waals surface area contributed by atoms with Gasteiger partial charge in [0.1, 0.15) is 0 Å². The Kier molecular flexibility index (Phi) is 6.46. The molecule has 0 atom stereocenters. The van der Waals surface area contributed by atoms with Gasteiger partial charge in [0.2, 0.25) is 0 Å². The lowest BCUT2D eigenvalue weighted by molar-refractivity contribution is 0.331. The molecule has 0 aromatic heterocycles. The first-order valence-corrected chi connectivity index (χ1v) is 9.12. The maximum absolute atomic E-state index is 4.29. The van der Waals surface area contributed by atoms with E-state index in [2.05, 4.69) is 69.1 Å². The van der Waals surface area contributed by atoms with E-state index < -0.39 is 0 Å². The summed E-state index contributed by atoms with van der Waals surface area (Å²) in [6.07, 6.45) is 2.69. The van der Waals surface area contributed by atoms with Crippen molar-refractivity contribution in [3.63, 3.8) is 0 Å². The fraction of sp³-hybridized carbons (Fsp3) is 0.381. The topological polar surface area (TPSA) is 39.7 Å². The summed E-state index contributed by atoms with van der Waals surface area (Å²) >= 11 is 0. The van der Waals surface area contributed by atoms with Gasteiger partial charge in [-0.3, -0.25) is 9.89 Å². The van der Waals surface area contributed by atoms with Gasteiger partial charge < -0.3 is 10.6 Å². The number of aliphatic imine (C=N–C) groups is 1. The average molecular weight is 336 g/mol. The van der Waals surface area contributed by atoms with Crippen LogP contribution in [0.5, 0.6) is 0 Å². The minimum absolute atomic E-state index is 0.773. The van der Waals surface area contributed by atoms with Crippen LogP contribution < -0.4 is 10.6 Å². The monoisotopic (exact) mass is 336 g/mol. The molecule has 1 fully saturated rings. The molecule has 0 spiro atoms. The van der Waals surface area contributed by atoms with E-state index in [1.807, 2.05) is 6.07 Å². The lowest BCUT2D eigenvalue weighted by atomic mass is 10.1. The molecule has 2 N–H and O–H groups in total. The molecule has 0 bridgehead atoms. The van der Waals surface area contributed by atoms with E-state index in [4.69, 9.17) is 0 Å². The van der Waals surface area contributed by atoms with Crippen LogP contribution in [-0.4, -0.2) is 31.0 Å². The maximum atomic E-state index is 4.29. The summed E-state index contributed by atoms with van der Waals surface area (Å²) in [6.45, 7) is 5.11. The zero-order valence-electron chi connectivity index (χ0n) is 15.0. The first-order chi connectivity index (χ1) is 12.3. The summed E-state index contributed by atoms with van der Waals surface area (Å²) in [5.74, 6) is 0.824. The molecule has 0 aliphatic carbocycles. The van der Waals surface area contributed by atoms with Gasteiger partial charge in [-0.2, -0.15) is 0 Å². The van der Waals surface area contributed by atoms with Gasteiger partial charge in [0, 0.05) is 26.7 Å². The van der Waals surface area contributed by atoms with Crippen molar-refractivity contribution < 1.29 is 0 Å². The van der Waals surface area contributed by atoms with Crippen LogP contribution in [0.1, 0.15) is 29.5 Å². The molecule has 4 heteroatoms. The number of rotatable bonds is 6. The second-order valence-electron chi connectivity index (χ2n) is 6.56. The molecular formula is C21H28N4. The zero-order valence-corrected chi connectivity index (χ0v) is 15.0. The quantitative estimate of drug-likeness (QED) is 0.629. The molecule has 2 aromatic rings. The second-order valence-corrected chi connectivity index (χ2v) is 6.56. The highest BCUT2D eigenvalue weighted by Gasteiger charge is 2.11. The summed E-state index contributed by atoms with van der Waals surface area (Å²) in [6, 6.07) is 19.3. The SMILES string of the molecule is CN=C(NCc1ccccc1)NCc1ccc(CN2CCCC2)cc1. The predicted molar refractivity (Wildman–Crippen MR) is 104 cm³/mol. The van der Waals surface area contributed by atoms with Gasteiger partial charge in [0.15, 0.2) is 5.96 Å². The van der Waals surface area contributed by atoms with Crippen LogP contribution in [0.25, 0.3) is 0 Å². The predicted octanol–water partition coefficient (Wildman–Crippen LogP) is 3.15. The van der Waals surface area contributed by atoms with Gasteiger partial charge in [-0.05, 0) is 42.6 Å². The van der Waals surface area contributed by atoms with Crippen molar-refractivity contribution in [2.75, 3.05) is 20.1 Å². The van der Waals surface area contributed by atoms with E-state index in [1.165, 1.54) is 42.6 Å². The molecule has 1 aliphatic rings. The van der Waals surface area contributed by atoms with E-state index >= 15 is 0 Å². The smallest absolute Gasteiger partial charge is 0.191 e. The van der Waals surface area contributed by atoms with Crippen LogP contribution in [-0.2, 0) is 19.6 Å². The fourth-order valence-electron chi connectivity index (χ4n) is 3.15. The number of nitrogens with zero attached hydrogens (tertiary/aromatic N) is 2. The van der Waals surface area contributed by atoms with Gasteiger partial charge >= 0.3 is 0 Å². The third kappa shape index (κ3) is 5.61. The largest absolute Gasteiger partial charge is 0.352 e. The molecule has 1 aliphatic heterocycles. The van der Waals surface area contributed by atoms with E-state index in [1.54, 1.807) is 7.05 Å². The van der Waals surface area contributed by atoms with Crippen LogP contribution in [0.2, 0.25) is 0 Å². The Morgan fingerprint density at radius 2 is 1.40 bits per heavy atom. The number of hydrogen-bond donors (Lipinski definition) is 2. The van der Waals surface area contributed by atoms with Crippen molar-refractivity contribution in [1.82, 2.24) is 15.5 Å². The van der Waals surface area contributed by atoms with E-state index in [-0.39, 0.29) is 0 Å². The molecule has 2 aromatic carbocycles. The van der Waals surface area contributed by atoms with Gasteiger partial charge in [0.25, 0.3) is 0 Å². The van der Waals surface area contributed by atoms with E-state index in [9.17, 15) is 0 Å².